The van der Waals surface area contributed by atoms with Crippen molar-refractivity contribution in [2.75, 3.05) is 5.50 Å². The second kappa shape index (κ2) is 5.17. The Labute approximate surface area is 80.5 Å². The summed E-state index contributed by atoms with van der Waals surface area (Å²) in [6.45, 7) is 3.74. The summed E-state index contributed by atoms with van der Waals surface area (Å²) in [5, 5.41) is 1.40. The van der Waals surface area contributed by atoms with Gasteiger partial charge in [0.25, 0.3) is 0 Å². The first-order valence-corrected chi connectivity index (χ1v) is 6.40. The van der Waals surface area contributed by atoms with Crippen molar-refractivity contribution in [3.8, 4) is 0 Å². The third-order valence-corrected chi connectivity index (χ3v) is 4.96. The molecular formula is C10H12ClSi. The van der Waals surface area contributed by atoms with E-state index in [0.717, 1.165) is 11.5 Å². The molecule has 0 bridgehead atoms. The van der Waals surface area contributed by atoms with E-state index in [1.807, 2.05) is 12.1 Å². The summed E-state index contributed by atoms with van der Waals surface area (Å²) in [6.07, 6.45) is 1.96. The fraction of sp³-hybridized carbons (Fsp3) is 0.200. The van der Waals surface area contributed by atoms with Crippen LogP contribution in [0, 0.1) is 0 Å². The Bertz CT molecular complexity index is 233. The van der Waals surface area contributed by atoms with Gasteiger partial charge in [0.2, 0.25) is 0 Å². The molecule has 0 aliphatic rings. The van der Waals surface area contributed by atoms with Gasteiger partial charge < -0.3 is 0 Å². The van der Waals surface area contributed by atoms with Crippen molar-refractivity contribution < 1.29 is 0 Å². The fourth-order valence-electron chi connectivity index (χ4n) is 1.10. The normalized spacial score (nSPS) is 10.2. The molecule has 0 aliphatic carbocycles. The molecular weight excluding hydrogens is 184 g/mol. The van der Waals surface area contributed by atoms with Gasteiger partial charge in [-0.05, 0) is 6.04 Å². The average molecular weight is 196 g/mol. The van der Waals surface area contributed by atoms with Crippen LogP contribution < -0.4 is 5.19 Å². The van der Waals surface area contributed by atoms with Crippen molar-refractivity contribution in [3.05, 3.63) is 43.0 Å². The average Bonchev–Trinajstić information content (AvgIpc) is 2.15. The highest BCUT2D eigenvalue weighted by Gasteiger charge is 2.09. The van der Waals surface area contributed by atoms with Gasteiger partial charge >= 0.3 is 0 Å². The molecule has 2 heteroatoms. The fourth-order valence-corrected chi connectivity index (χ4v) is 3.40. The van der Waals surface area contributed by atoms with E-state index in [4.69, 9.17) is 11.6 Å². The number of hydrogen-bond acceptors (Lipinski definition) is 0. The van der Waals surface area contributed by atoms with Gasteiger partial charge in [0.05, 0.1) is 0 Å². The highest BCUT2D eigenvalue weighted by molar-refractivity contribution is 6.79. The summed E-state index contributed by atoms with van der Waals surface area (Å²) in [5.74, 6) is 0. The summed E-state index contributed by atoms with van der Waals surface area (Å²) in [7, 11) is -0.565. The highest BCUT2D eigenvalue weighted by Crippen LogP contribution is 1.97. The molecule has 0 spiro atoms. The summed E-state index contributed by atoms with van der Waals surface area (Å²) in [6, 6.07) is 11.5. The topological polar surface area (TPSA) is 0 Å². The molecule has 0 aromatic heterocycles. The maximum absolute atomic E-state index is 5.88. The van der Waals surface area contributed by atoms with E-state index in [-0.39, 0.29) is 0 Å². The summed E-state index contributed by atoms with van der Waals surface area (Å²) in [4.78, 5) is 0. The molecule has 0 nitrogen and oxygen atoms in total. The lowest BCUT2D eigenvalue weighted by Crippen LogP contribution is -2.31. The van der Waals surface area contributed by atoms with E-state index < -0.39 is 8.80 Å². The third-order valence-electron chi connectivity index (χ3n) is 1.73. The van der Waals surface area contributed by atoms with E-state index in [1.54, 1.807) is 0 Å². The molecule has 1 radical (unpaired) electrons. The van der Waals surface area contributed by atoms with Gasteiger partial charge in [-0.3, -0.25) is 0 Å². The third kappa shape index (κ3) is 2.50. The van der Waals surface area contributed by atoms with Crippen LogP contribution in [0.4, 0.5) is 0 Å². The number of allylic oxidation sites excluding steroid dienone is 1. The first-order chi connectivity index (χ1) is 5.88. The maximum Gasteiger partial charge on any atom is 0.106 e. The van der Waals surface area contributed by atoms with Crippen LogP contribution in [0.5, 0.6) is 0 Å². The summed E-state index contributed by atoms with van der Waals surface area (Å²) < 4.78 is 0. The minimum absolute atomic E-state index is 0.565. The SMILES string of the molecule is C=CC[Si](CCl)c1ccccc1. The van der Waals surface area contributed by atoms with Gasteiger partial charge in [0.15, 0.2) is 0 Å². The Kier molecular flexibility index (Phi) is 4.12. The van der Waals surface area contributed by atoms with E-state index in [0.29, 0.717) is 0 Å². The lowest BCUT2D eigenvalue weighted by Gasteiger charge is -2.08. The molecule has 0 atom stereocenters. The van der Waals surface area contributed by atoms with E-state index >= 15 is 0 Å². The van der Waals surface area contributed by atoms with Crippen LogP contribution in [0.25, 0.3) is 0 Å². The molecule has 12 heavy (non-hydrogen) atoms. The highest BCUT2D eigenvalue weighted by atomic mass is 35.5. The molecule has 0 unspecified atom stereocenters. The summed E-state index contributed by atoms with van der Waals surface area (Å²) >= 11 is 5.88. The molecule has 1 rings (SSSR count). The van der Waals surface area contributed by atoms with Crippen molar-refractivity contribution in [1.82, 2.24) is 0 Å². The van der Waals surface area contributed by atoms with Crippen LogP contribution in [0.2, 0.25) is 6.04 Å². The zero-order valence-corrected chi connectivity index (χ0v) is 8.72. The lowest BCUT2D eigenvalue weighted by atomic mass is 10.4. The van der Waals surface area contributed by atoms with E-state index in [2.05, 4.69) is 30.8 Å². The molecule has 0 saturated heterocycles. The lowest BCUT2D eigenvalue weighted by molar-refractivity contribution is 1.62. The maximum atomic E-state index is 5.88. The molecule has 63 valence electrons. The Hall–Kier alpha value is -0.533. The van der Waals surface area contributed by atoms with Gasteiger partial charge in [-0.25, -0.2) is 0 Å². The van der Waals surface area contributed by atoms with Crippen molar-refractivity contribution >= 4 is 25.6 Å². The second-order valence-corrected chi connectivity index (χ2v) is 5.86. The Morgan fingerprint density at radius 3 is 2.50 bits per heavy atom. The van der Waals surface area contributed by atoms with E-state index in [9.17, 15) is 0 Å². The van der Waals surface area contributed by atoms with Gasteiger partial charge in [-0.1, -0.05) is 41.6 Å². The number of rotatable bonds is 4. The molecule has 0 saturated carbocycles. The van der Waals surface area contributed by atoms with E-state index in [1.165, 1.54) is 5.19 Å². The van der Waals surface area contributed by atoms with Gasteiger partial charge in [-0.2, -0.15) is 0 Å². The minimum Gasteiger partial charge on any atom is -0.130 e. The predicted molar refractivity (Wildman–Crippen MR) is 57.6 cm³/mol. The zero-order chi connectivity index (χ0) is 8.81. The van der Waals surface area contributed by atoms with Gasteiger partial charge in [0.1, 0.15) is 8.80 Å². The van der Waals surface area contributed by atoms with Gasteiger partial charge in [0, 0.05) is 5.50 Å². The molecule has 0 amide bonds. The molecule has 0 N–H and O–H groups in total. The molecule has 1 aromatic carbocycles. The molecule has 0 aliphatic heterocycles. The molecule has 0 fully saturated rings. The monoisotopic (exact) mass is 195 g/mol. The van der Waals surface area contributed by atoms with Crippen molar-refractivity contribution in [2.45, 2.75) is 6.04 Å². The van der Waals surface area contributed by atoms with Crippen LogP contribution >= 0.6 is 11.6 Å². The Morgan fingerprint density at radius 1 is 1.33 bits per heavy atom. The smallest absolute Gasteiger partial charge is 0.106 e. The Morgan fingerprint density at radius 2 is 2.00 bits per heavy atom. The predicted octanol–water partition coefficient (Wildman–Crippen LogP) is 2.35. The van der Waals surface area contributed by atoms with Crippen LogP contribution in [0.1, 0.15) is 0 Å². The van der Waals surface area contributed by atoms with Crippen LogP contribution in [0.15, 0.2) is 43.0 Å². The first kappa shape index (κ1) is 9.55. The first-order valence-electron chi connectivity index (χ1n) is 3.95. The van der Waals surface area contributed by atoms with Crippen molar-refractivity contribution in [3.63, 3.8) is 0 Å². The Balaban J connectivity index is 2.72. The standard InChI is InChI=1S/C10H12ClSi/c1-2-8-12(9-11)10-6-4-3-5-7-10/h2-7H,1,8-9H2. The largest absolute Gasteiger partial charge is 0.130 e. The van der Waals surface area contributed by atoms with Crippen LogP contribution in [-0.2, 0) is 0 Å². The minimum atomic E-state index is -0.565. The van der Waals surface area contributed by atoms with Gasteiger partial charge in [-0.15, -0.1) is 18.2 Å². The van der Waals surface area contributed by atoms with Crippen LogP contribution in [-0.4, -0.2) is 14.3 Å². The number of hydrogen-bond donors (Lipinski definition) is 0. The number of halogens is 1. The quantitative estimate of drug-likeness (QED) is 0.393. The van der Waals surface area contributed by atoms with Crippen LogP contribution in [0.3, 0.4) is 0 Å². The van der Waals surface area contributed by atoms with Crippen molar-refractivity contribution in [2.24, 2.45) is 0 Å². The number of benzene rings is 1. The summed E-state index contributed by atoms with van der Waals surface area (Å²) in [5.41, 5.74) is 0.765. The molecule has 0 heterocycles. The second-order valence-electron chi connectivity index (χ2n) is 2.60. The number of alkyl halides is 1. The zero-order valence-electron chi connectivity index (χ0n) is 6.96. The van der Waals surface area contributed by atoms with Crippen molar-refractivity contribution in [1.29, 1.82) is 0 Å². The molecule has 1 aromatic rings.